The molecule has 0 atom stereocenters. The molecule has 7 heteroatoms. The minimum absolute atomic E-state index is 0.104. The Bertz CT molecular complexity index is 728. The maximum absolute atomic E-state index is 12.6. The van der Waals surface area contributed by atoms with Crippen molar-refractivity contribution >= 4 is 23.3 Å². The first-order valence-corrected chi connectivity index (χ1v) is 8.00. The number of para-hydroxylation sites is 1. The average Bonchev–Trinajstić information content (AvgIpc) is 2.96. The Morgan fingerprint density at radius 1 is 1.38 bits per heavy atom. The first-order chi connectivity index (χ1) is 11.5. The van der Waals surface area contributed by atoms with Crippen LogP contribution < -0.4 is 14.8 Å². The fraction of sp³-hybridized carbons (Fsp3) is 0.235. The van der Waals surface area contributed by atoms with E-state index < -0.39 is 6.61 Å². The number of ether oxygens (including phenoxy) is 2. The monoisotopic (exact) mass is 353 g/mol. The van der Waals surface area contributed by atoms with Gasteiger partial charge in [-0.05, 0) is 36.1 Å². The Kier molecular flexibility index (Phi) is 6.31. The van der Waals surface area contributed by atoms with E-state index in [-0.39, 0.29) is 17.4 Å². The van der Waals surface area contributed by atoms with Gasteiger partial charge in [-0.25, -0.2) is 0 Å². The van der Waals surface area contributed by atoms with Crippen molar-refractivity contribution in [3.05, 3.63) is 51.7 Å². The number of methoxy groups -OCH3 is 1. The maximum atomic E-state index is 12.6. The second-order valence-corrected chi connectivity index (χ2v) is 5.84. The summed E-state index contributed by atoms with van der Waals surface area (Å²) in [5.74, 6) is -0.256. The third-order valence-corrected chi connectivity index (χ3v) is 4.26. The van der Waals surface area contributed by atoms with Crippen LogP contribution in [0.25, 0.3) is 6.08 Å². The van der Waals surface area contributed by atoms with E-state index in [2.05, 4.69) is 10.1 Å². The topological polar surface area (TPSA) is 47.6 Å². The lowest BCUT2D eigenvalue weighted by atomic mass is 10.1. The number of halogens is 2. The van der Waals surface area contributed by atoms with Crippen molar-refractivity contribution < 1.29 is 23.0 Å². The third kappa shape index (κ3) is 4.79. The summed E-state index contributed by atoms with van der Waals surface area (Å²) in [4.78, 5) is 13.0. The fourth-order valence-electron chi connectivity index (χ4n) is 2.02. The molecule has 0 spiro atoms. The standard InChI is InChI=1S/C17H17F2NO3S/c1-11-8-9-24-14(11)10-20-15(21)7-6-12-4-3-5-13(22-2)16(12)23-17(18)19/h3-9,17H,10H2,1-2H3,(H,20,21)/b7-6+. The van der Waals surface area contributed by atoms with Crippen molar-refractivity contribution in [1.29, 1.82) is 0 Å². The van der Waals surface area contributed by atoms with Gasteiger partial charge < -0.3 is 14.8 Å². The molecule has 1 N–H and O–H groups in total. The summed E-state index contributed by atoms with van der Waals surface area (Å²) in [7, 11) is 1.36. The number of rotatable bonds is 7. The average molecular weight is 353 g/mol. The van der Waals surface area contributed by atoms with Crippen LogP contribution in [0.15, 0.2) is 35.7 Å². The lowest BCUT2D eigenvalue weighted by Crippen LogP contribution is -2.20. The number of thiophene rings is 1. The van der Waals surface area contributed by atoms with Crippen LogP contribution in [0.1, 0.15) is 16.0 Å². The molecule has 2 aromatic rings. The highest BCUT2D eigenvalue weighted by Gasteiger charge is 2.14. The Labute approximate surface area is 142 Å². The van der Waals surface area contributed by atoms with Crippen molar-refractivity contribution in [2.24, 2.45) is 0 Å². The molecule has 0 saturated heterocycles. The zero-order valence-electron chi connectivity index (χ0n) is 13.2. The molecule has 1 aromatic carbocycles. The molecule has 0 aliphatic heterocycles. The van der Waals surface area contributed by atoms with Crippen LogP contribution in [0.3, 0.4) is 0 Å². The SMILES string of the molecule is COc1cccc(/C=C/C(=O)NCc2sccc2C)c1OC(F)F. The summed E-state index contributed by atoms with van der Waals surface area (Å²) in [5, 5.41) is 4.70. The first kappa shape index (κ1) is 17.9. The normalized spacial score (nSPS) is 11.0. The molecular formula is C17H17F2NO3S. The lowest BCUT2D eigenvalue weighted by molar-refractivity contribution is -0.116. The summed E-state index contributed by atoms with van der Waals surface area (Å²) in [5.41, 5.74) is 1.45. The Morgan fingerprint density at radius 2 is 2.17 bits per heavy atom. The number of aryl methyl sites for hydroxylation is 1. The van der Waals surface area contributed by atoms with Gasteiger partial charge in [-0.2, -0.15) is 8.78 Å². The molecular weight excluding hydrogens is 336 g/mol. The van der Waals surface area contributed by atoms with Crippen molar-refractivity contribution in [3.8, 4) is 11.5 Å². The van der Waals surface area contributed by atoms with Crippen LogP contribution in [0.4, 0.5) is 8.78 Å². The van der Waals surface area contributed by atoms with E-state index in [1.165, 1.54) is 25.3 Å². The van der Waals surface area contributed by atoms with E-state index in [0.717, 1.165) is 10.4 Å². The minimum atomic E-state index is -2.98. The minimum Gasteiger partial charge on any atom is -0.493 e. The molecule has 1 heterocycles. The number of benzene rings is 1. The van der Waals surface area contributed by atoms with Gasteiger partial charge in [0.25, 0.3) is 0 Å². The van der Waals surface area contributed by atoms with E-state index in [1.807, 2.05) is 18.4 Å². The van der Waals surface area contributed by atoms with Crippen LogP contribution >= 0.6 is 11.3 Å². The van der Waals surface area contributed by atoms with Crippen molar-refractivity contribution in [3.63, 3.8) is 0 Å². The smallest absolute Gasteiger partial charge is 0.387 e. The number of carbonyl (C=O) groups excluding carboxylic acids is 1. The molecule has 128 valence electrons. The lowest BCUT2D eigenvalue weighted by Gasteiger charge is -2.12. The molecule has 0 bridgehead atoms. The Hall–Kier alpha value is -2.41. The third-order valence-electron chi connectivity index (χ3n) is 3.24. The van der Waals surface area contributed by atoms with Gasteiger partial charge in [0.2, 0.25) is 5.91 Å². The molecule has 4 nitrogen and oxygen atoms in total. The van der Waals surface area contributed by atoms with Crippen LogP contribution in [0.5, 0.6) is 11.5 Å². The number of carbonyl (C=O) groups is 1. The van der Waals surface area contributed by atoms with Gasteiger partial charge in [0.15, 0.2) is 11.5 Å². The largest absolute Gasteiger partial charge is 0.493 e. The molecule has 0 aliphatic carbocycles. The molecule has 0 fully saturated rings. The summed E-state index contributed by atoms with van der Waals surface area (Å²) in [6.07, 6.45) is 2.69. The Balaban J connectivity index is 2.07. The zero-order chi connectivity index (χ0) is 17.5. The summed E-state index contributed by atoms with van der Waals surface area (Å²) >= 11 is 1.56. The summed E-state index contributed by atoms with van der Waals surface area (Å²) in [6.45, 7) is -0.590. The zero-order valence-corrected chi connectivity index (χ0v) is 14.0. The van der Waals surface area contributed by atoms with E-state index in [1.54, 1.807) is 23.5 Å². The van der Waals surface area contributed by atoms with Gasteiger partial charge in [0.1, 0.15) is 0 Å². The molecule has 1 amide bonds. The van der Waals surface area contributed by atoms with Gasteiger partial charge in [0, 0.05) is 16.5 Å². The van der Waals surface area contributed by atoms with E-state index in [4.69, 9.17) is 4.74 Å². The number of hydrogen-bond donors (Lipinski definition) is 1. The van der Waals surface area contributed by atoms with Crippen LogP contribution in [-0.2, 0) is 11.3 Å². The van der Waals surface area contributed by atoms with Gasteiger partial charge in [0.05, 0.1) is 13.7 Å². The summed E-state index contributed by atoms with van der Waals surface area (Å²) in [6, 6.07) is 6.68. The van der Waals surface area contributed by atoms with Gasteiger partial charge in [-0.3, -0.25) is 4.79 Å². The van der Waals surface area contributed by atoms with Crippen molar-refractivity contribution in [2.45, 2.75) is 20.1 Å². The quantitative estimate of drug-likeness (QED) is 0.766. The second-order valence-electron chi connectivity index (χ2n) is 4.84. The first-order valence-electron chi connectivity index (χ1n) is 7.12. The number of alkyl halides is 2. The molecule has 0 radical (unpaired) electrons. The maximum Gasteiger partial charge on any atom is 0.387 e. The number of hydrogen-bond acceptors (Lipinski definition) is 4. The molecule has 24 heavy (non-hydrogen) atoms. The van der Waals surface area contributed by atoms with Crippen LogP contribution in [0, 0.1) is 6.92 Å². The summed E-state index contributed by atoms with van der Waals surface area (Å²) < 4.78 is 34.6. The highest BCUT2D eigenvalue weighted by molar-refractivity contribution is 7.10. The number of nitrogens with one attached hydrogen (secondary N) is 1. The molecule has 2 rings (SSSR count). The molecule has 1 aromatic heterocycles. The predicted molar refractivity (Wildman–Crippen MR) is 89.6 cm³/mol. The van der Waals surface area contributed by atoms with Gasteiger partial charge >= 0.3 is 6.61 Å². The van der Waals surface area contributed by atoms with Gasteiger partial charge in [-0.15, -0.1) is 11.3 Å². The fourth-order valence-corrected chi connectivity index (χ4v) is 2.86. The van der Waals surface area contributed by atoms with Crippen molar-refractivity contribution in [2.75, 3.05) is 7.11 Å². The van der Waals surface area contributed by atoms with E-state index >= 15 is 0 Å². The molecule has 0 unspecified atom stereocenters. The van der Waals surface area contributed by atoms with Crippen LogP contribution in [0.2, 0.25) is 0 Å². The van der Waals surface area contributed by atoms with Gasteiger partial charge in [-0.1, -0.05) is 12.1 Å². The molecule has 0 saturated carbocycles. The van der Waals surface area contributed by atoms with E-state index in [9.17, 15) is 13.6 Å². The predicted octanol–water partition coefficient (Wildman–Crippen LogP) is 4.00. The number of amides is 1. The molecule has 0 aliphatic rings. The van der Waals surface area contributed by atoms with Crippen LogP contribution in [-0.4, -0.2) is 19.6 Å². The highest BCUT2D eigenvalue weighted by Crippen LogP contribution is 2.33. The second kappa shape index (κ2) is 8.44. The van der Waals surface area contributed by atoms with E-state index in [0.29, 0.717) is 12.1 Å². The highest BCUT2D eigenvalue weighted by atomic mass is 32.1. The Morgan fingerprint density at radius 3 is 2.79 bits per heavy atom. The van der Waals surface area contributed by atoms with Crippen molar-refractivity contribution in [1.82, 2.24) is 5.32 Å².